The molecule has 0 radical (unpaired) electrons. The normalized spacial score (nSPS) is 39.6. The van der Waals surface area contributed by atoms with Gasteiger partial charge in [-0.3, -0.25) is 19.5 Å². The fourth-order valence-corrected chi connectivity index (χ4v) is 6.25. The lowest BCUT2D eigenvalue weighted by Gasteiger charge is -2.65. The monoisotopic (exact) mass is 380 g/mol. The van der Waals surface area contributed by atoms with Gasteiger partial charge in [0.2, 0.25) is 0 Å². The van der Waals surface area contributed by atoms with Gasteiger partial charge >= 0.3 is 5.97 Å². The Morgan fingerprint density at radius 1 is 1.32 bits per heavy atom. The molecule has 5 atom stereocenters. The van der Waals surface area contributed by atoms with Gasteiger partial charge in [-0.05, 0) is 25.0 Å². The average Bonchev–Trinajstić information content (AvgIpc) is 2.73. The van der Waals surface area contributed by atoms with Gasteiger partial charge in [-0.2, -0.15) is 0 Å². The Hall–Kier alpha value is -2.31. The smallest absolute Gasteiger partial charge is 0.319 e. The number of nitrogens with zero attached hydrogens (tertiary/aromatic N) is 2. The number of ether oxygens (including phenoxy) is 2. The molecule has 1 aromatic rings. The van der Waals surface area contributed by atoms with Gasteiger partial charge in [-0.25, -0.2) is 0 Å². The summed E-state index contributed by atoms with van der Waals surface area (Å²) in [7, 11) is 3.08. The second kappa shape index (κ2) is 5.84. The number of rotatable bonds is 2. The van der Waals surface area contributed by atoms with E-state index in [0.717, 1.165) is 16.8 Å². The van der Waals surface area contributed by atoms with Crippen LogP contribution in [0.4, 0.5) is 5.69 Å². The number of hydrogen-bond acceptors (Lipinski definition) is 6. The van der Waals surface area contributed by atoms with Crippen molar-refractivity contribution in [2.45, 2.75) is 37.5 Å². The summed E-state index contributed by atoms with van der Waals surface area (Å²) in [6, 6.07) is 7.42. The van der Waals surface area contributed by atoms with E-state index in [1.165, 1.54) is 7.11 Å². The summed E-state index contributed by atoms with van der Waals surface area (Å²) in [4.78, 5) is 34.3. The lowest BCUT2D eigenvalue weighted by atomic mass is 9.42. The first-order valence-electron chi connectivity index (χ1n) is 9.76. The van der Waals surface area contributed by atoms with Gasteiger partial charge in [0.25, 0.3) is 0 Å². The zero-order valence-corrected chi connectivity index (χ0v) is 16.3. The topological polar surface area (TPSA) is 68.2 Å². The Bertz CT molecular complexity index is 938. The molecule has 6 heteroatoms. The van der Waals surface area contributed by atoms with Crippen LogP contribution in [-0.4, -0.2) is 55.9 Å². The zero-order chi connectivity index (χ0) is 19.7. The van der Waals surface area contributed by atoms with E-state index in [-0.39, 0.29) is 29.9 Å². The van der Waals surface area contributed by atoms with Crippen molar-refractivity contribution in [3.63, 3.8) is 0 Å². The third-order valence-corrected chi connectivity index (χ3v) is 7.44. The number of hydrogen-bond donors (Lipinski definition) is 0. The number of carbonyl (C=O) groups excluding carboxylic acids is 2. The highest BCUT2D eigenvalue weighted by atomic mass is 16.5. The Kier molecular flexibility index (Phi) is 3.71. The van der Waals surface area contributed by atoms with Crippen molar-refractivity contribution < 1.29 is 19.1 Å². The maximum atomic E-state index is 14.0. The van der Waals surface area contributed by atoms with E-state index in [9.17, 15) is 9.59 Å². The molecular weight excluding hydrogens is 356 g/mol. The summed E-state index contributed by atoms with van der Waals surface area (Å²) in [5.74, 6) is -0.401. The van der Waals surface area contributed by atoms with Crippen molar-refractivity contribution in [3.8, 4) is 0 Å². The third kappa shape index (κ3) is 1.78. The third-order valence-electron chi connectivity index (χ3n) is 7.44. The second-order valence-electron chi connectivity index (χ2n) is 8.14. The molecule has 1 aliphatic carbocycles. The fraction of sp³-hybridized carbons (Fsp3) is 0.500. The zero-order valence-electron chi connectivity index (χ0n) is 16.3. The number of carbonyl (C=O) groups is 2. The predicted octanol–water partition coefficient (Wildman–Crippen LogP) is 2.40. The molecule has 1 aromatic carbocycles. The highest BCUT2D eigenvalue weighted by Crippen LogP contribution is 2.65. The molecule has 6 nitrogen and oxygen atoms in total. The van der Waals surface area contributed by atoms with Gasteiger partial charge in [-0.1, -0.05) is 29.8 Å². The van der Waals surface area contributed by atoms with Crippen LogP contribution in [0, 0.1) is 11.3 Å². The molecule has 5 rings (SSSR count). The predicted molar refractivity (Wildman–Crippen MR) is 104 cm³/mol. The number of ketones is 1. The van der Waals surface area contributed by atoms with Crippen LogP contribution in [0.5, 0.6) is 0 Å². The minimum atomic E-state index is -1.14. The van der Waals surface area contributed by atoms with Crippen molar-refractivity contribution in [2.75, 3.05) is 20.8 Å². The largest absolute Gasteiger partial charge is 0.468 e. The van der Waals surface area contributed by atoms with E-state index in [4.69, 9.17) is 9.47 Å². The number of para-hydroxylation sites is 1. The van der Waals surface area contributed by atoms with Crippen molar-refractivity contribution in [3.05, 3.63) is 41.5 Å². The first kappa shape index (κ1) is 17.8. The summed E-state index contributed by atoms with van der Waals surface area (Å²) < 4.78 is 11.2. The summed E-state index contributed by atoms with van der Waals surface area (Å²) in [6.45, 7) is 2.62. The summed E-state index contributed by atoms with van der Waals surface area (Å²) in [5.41, 5.74) is 0.542. The standard InChI is InChI=1S/C22H24N2O4/c1-4-13-11-24-17-9-15(13)22(20(26)28-3)12-23-16-8-6-5-7-14(16)21(22,19(17)25)10-18(24)27-2/h4-8,12,15,17-18H,9-11H2,1-3H3/b13-4+/t15-,17+,18-,21+,22-/m0/s1. The molecular formula is C22H24N2O4. The van der Waals surface area contributed by atoms with E-state index >= 15 is 0 Å². The summed E-state index contributed by atoms with van der Waals surface area (Å²) in [5, 5.41) is 0. The molecule has 1 saturated carbocycles. The molecule has 3 heterocycles. The molecule has 146 valence electrons. The van der Waals surface area contributed by atoms with Crippen LogP contribution in [0.2, 0.25) is 0 Å². The van der Waals surface area contributed by atoms with Crippen molar-refractivity contribution in [2.24, 2.45) is 16.3 Å². The maximum Gasteiger partial charge on any atom is 0.319 e. The van der Waals surface area contributed by atoms with E-state index in [1.807, 2.05) is 31.2 Å². The number of aliphatic imine (C=N–C) groups is 1. The van der Waals surface area contributed by atoms with Crippen molar-refractivity contribution >= 4 is 23.7 Å². The lowest BCUT2D eigenvalue weighted by Crippen LogP contribution is -2.77. The van der Waals surface area contributed by atoms with Gasteiger partial charge < -0.3 is 9.47 Å². The van der Waals surface area contributed by atoms with Crippen LogP contribution in [0.3, 0.4) is 0 Å². The number of fused-ring (bicyclic) bond motifs is 3. The minimum absolute atomic E-state index is 0.0937. The number of piperidine rings is 2. The van der Waals surface area contributed by atoms with Crippen LogP contribution >= 0.6 is 0 Å². The van der Waals surface area contributed by atoms with Crippen LogP contribution in [-0.2, 0) is 24.5 Å². The molecule has 1 spiro atoms. The molecule has 2 saturated heterocycles. The van der Waals surface area contributed by atoms with Gasteiger partial charge in [-0.15, -0.1) is 0 Å². The highest BCUT2D eigenvalue weighted by molar-refractivity contribution is 6.13. The Balaban J connectivity index is 1.89. The van der Waals surface area contributed by atoms with Gasteiger partial charge in [0, 0.05) is 32.2 Å². The maximum absolute atomic E-state index is 14.0. The Morgan fingerprint density at radius 2 is 2.11 bits per heavy atom. The van der Waals surface area contributed by atoms with E-state index in [0.29, 0.717) is 19.4 Å². The van der Waals surface area contributed by atoms with Gasteiger partial charge in [0.1, 0.15) is 11.6 Å². The molecule has 0 amide bonds. The molecule has 3 bridgehead atoms. The van der Waals surface area contributed by atoms with E-state index in [1.54, 1.807) is 13.3 Å². The number of methoxy groups -OCH3 is 2. The van der Waals surface area contributed by atoms with Crippen molar-refractivity contribution in [1.29, 1.82) is 0 Å². The summed E-state index contributed by atoms with van der Waals surface area (Å²) in [6.07, 6.45) is 4.55. The highest BCUT2D eigenvalue weighted by Gasteiger charge is 2.75. The first-order valence-corrected chi connectivity index (χ1v) is 9.76. The molecule has 0 N–H and O–H groups in total. The summed E-state index contributed by atoms with van der Waals surface area (Å²) >= 11 is 0. The first-order chi connectivity index (χ1) is 13.5. The number of Topliss-reactive ketones (excluding diaryl/α,β-unsaturated/α-hetero) is 1. The fourth-order valence-electron chi connectivity index (χ4n) is 6.25. The number of benzene rings is 1. The Labute approximate surface area is 164 Å². The number of allylic oxidation sites excluding steroid dienone is 1. The van der Waals surface area contributed by atoms with Crippen molar-refractivity contribution in [1.82, 2.24) is 4.90 Å². The molecule has 3 aliphatic heterocycles. The molecule has 0 unspecified atom stereocenters. The van der Waals surface area contributed by atoms with E-state index < -0.39 is 10.8 Å². The minimum Gasteiger partial charge on any atom is -0.468 e. The van der Waals surface area contributed by atoms with Crippen LogP contribution < -0.4 is 0 Å². The number of esters is 1. The second-order valence-corrected chi connectivity index (χ2v) is 8.14. The molecule has 3 fully saturated rings. The molecule has 0 aromatic heterocycles. The van der Waals surface area contributed by atoms with Crippen LogP contribution in [0.15, 0.2) is 40.9 Å². The Morgan fingerprint density at radius 3 is 2.82 bits per heavy atom. The SMILES string of the molecule is C/C=C1\CN2[C@@H](OC)C[C@@]34C(=O)[C@H]2C[C@@H]1[C@]3(C(=O)OC)C=Nc1ccccc14. The van der Waals surface area contributed by atoms with E-state index in [2.05, 4.69) is 16.0 Å². The lowest BCUT2D eigenvalue weighted by molar-refractivity contribution is -0.192. The average molecular weight is 380 g/mol. The van der Waals surface area contributed by atoms with Gasteiger partial charge in [0.15, 0.2) is 5.78 Å². The van der Waals surface area contributed by atoms with Crippen LogP contribution in [0.1, 0.15) is 25.3 Å². The quantitative estimate of drug-likeness (QED) is 0.582. The van der Waals surface area contributed by atoms with Gasteiger partial charge in [0.05, 0.1) is 24.3 Å². The molecule has 28 heavy (non-hydrogen) atoms. The van der Waals surface area contributed by atoms with Crippen LogP contribution in [0.25, 0.3) is 0 Å². The molecule has 4 aliphatic rings.